The van der Waals surface area contributed by atoms with E-state index in [0.717, 1.165) is 23.6 Å². The molecule has 0 radical (unpaired) electrons. The number of carbonyl (C=O) groups is 1. The van der Waals surface area contributed by atoms with Crippen LogP contribution in [0, 0.1) is 5.92 Å². The summed E-state index contributed by atoms with van der Waals surface area (Å²) >= 11 is 0. The summed E-state index contributed by atoms with van der Waals surface area (Å²) in [6.07, 6.45) is -3.71. The van der Waals surface area contributed by atoms with Gasteiger partial charge in [0.1, 0.15) is 5.60 Å². The molecule has 4 rings (SSSR count). The van der Waals surface area contributed by atoms with E-state index >= 15 is 0 Å². The highest BCUT2D eigenvalue weighted by atomic mass is 19.4. The van der Waals surface area contributed by atoms with E-state index in [1.54, 1.807) is 13.8 Å². The number of nitrogens with zero attached hydrogens (tertiary/aromatic N) is 3. The summed E-state index contributed by atoms with van der Waals surface area (Å²) in [7, 11) is 0. The van der Waals surface area contributed by atoms with Crippen LogP contribution in [-0.2, 0) is 11.0 Å². The zero-order chi connectivity index (χ0) is 21.0. The molecule has 9 heteroatoms. The highest BCUT2D eigenvalue weighted by Crippen LogP contribution is 2.43. The van der Waals surface area contributed by atoms with Crippen molar-refractivity contribution in [2.24, 2.45) is 5.92 Å². The number of hydrogen-bond acceptors (Lipinski definition) is 6. The number of halogens is 3. The van der Waals surface area contributed by atoms with Crippen molar-refractivity contribution >= 4 is 23.2 Å². The van der Waals surface area contributed by atoms with Crippen LogP contribution in [0.5, 0.6) is 5.75 Å². The number of anilines is 3. The van der Waals surface area contributed by atoms with Gasteiger partial charge in [-0.25, -0.2) is 4.98 Å². The van der Waals surface area contributed by atoms with Crippen molar-refractivity contribution < 1.29 is 27.8 Å². The van der Waals surface area contributed by atoms with Gasteiger partial charge < -0.3 is 24.4 Å². The Kier molecular flexibility index (Phi) is 4.36. The smallest absolute Gasteiger partial charge is 0.418 e. The number of aromatic nitrogens is 1. The van der Waals surface area contributed by atoms with Crippen molar-refractivity contribution in [1.82, 2.24) is 4.98 Å². The third-order valence-electron chi connectivity index (χ3n) is 5.06. The van der Waals surface area contributed by atoms with Crippen LogP contribution in [0.4, 0.5) is 30.4 Å². The first-order valence-corrected chi connectivity index (χ1v) is 9.13. The summed E-state index contributed by atoms with van der Waals surface area (Å²) in [5.74, 6) is -1.18. The molecule has 2 aliphatic rings. The van der Waals surface area contributed by atoms with Gasteiger partial charge in [-0.1, -0.05) is 6.07 Å². The van der Waals surface area contributed by atoms with E-state index in [-0.39, 0.29) is 5.75 Å². The van der Waals surface area contributed by atoms with Gasteiger partial charge in [0.25, 0.3) is 0 Å². The molecule has 0 saturated carbocycles. The number of carboxylic acids is 1. The number of carboxylic acid groups (broad SMARTS) is 1. The third kappa shape index (κ3) is 3.68. The number of alkyl halides is 3. The Morgan fingerprint density at radius 2 is 1.93 bits per heavy atom. The lowest BCUT2D eigenvalue weighted by atomic mass is 9.99. The number of benzene rings is 1. The molecule has 0 aliphatic carbocycles. The Bertz CT molecular complexity index is 955. The minimum absolute atomic E-state index is 0.0717. The Morgan fingerprint density at radius 3 is 2.59 bits per heavy atom. The Balaban J connectivity index is 1.67. The fourth-order valence-corrected chi connectivity index (χ4v) is 3.57. The summed E-state index contributed by atoms with van der Waals surface area (Å²) in [6.45, 7) is 4.72. The third-order valence-corrected chi connectivity index (χ3v) is 5.06. The van der Waals surface area contributed by atoms with Gasteiger partial charge in [-0.2, -0.15) is 13.2 Å². The number of ether oxygens (including phenoxy) is 1. The van der Waals surface area contributed by atoms with Gasteiger partial charge >= 0.3 is 6.18 Å². The molecular weight excluding hydrogens is 387 g/mol. The summed E-state index contributed by atoms with van der Waals surface area (Å²) in [5.41, 5.74) is -0.0234. The van der Waals surface area contributed by atoms with E-state index in [9.17, 15) is 23.1 Å². The van der Waals surface area contributed by atoms with E-state index in [4.69, 9.17) is 4.74 Å². The Labute approximate surface area is 165 Å². The van der Waals surface area contributed by atoms with Gasteiger partial charge in [0, 0.05) is 42.5 Å². The van der Waals surface area contributed by atoms with Crippen molar-refractivity contribution in [2.45, 2.75) is 25.6 Å². The molecule has 1 aromatic heterocycles. The topological polar surface area (TPSA) is 68.7 Å². The van der Waals surface area contributed by atoms with Gasteiger partial charge in [0.15, 0.2) is 11.6 Å². The predicted octanol–water partition coefficient (Wildman–Crippen LogP) is 2.60. The van der Waals surface area contributed by atoms with Crippen LogP contribution >= 0.6 is 0 Å². The molecule has 0 atom stereocenters. The van der Waals surface area contributed by atoms with Gasteiger partial charge in [0.2, 0.25) is 0 Å². The van der Waals surface area contributed by atoms with Crippen LogP contribution in [0.2, 0.25) is 0 Å². The molecule has 154 valence electrons. The maximum Gasteiger partial charge on any atom is 0.418 e. The molecule has 3 heterocycles. The Hall–Kier alpha value is -2.97. The van der Waals surface area contributed by atoms with Crippen LogP contribution in [0.1, 0.15) is 19.4 Å². The second kappa shape index (κ2) is 6.53. The fraction of sp³-hybridized carbons (Fsp3) is 0.400. The van der Waals surface area contributed by atoms with Crippen molar-refractivity contribution in [1.29, 1.82) is 0 Å². The lowest BCUT2D eigenvalue weighted by molar-refractivity contribution is -0.312. The SMILES string of the molecule is CC1(C)CN(c2cccc(N3CC(C(=O)[O-])C3)c2)c2ncc(C(F)(F)F)cc2O1. The molecule has 1 aromatic carbocycles. The number of rotatable bonds is 3. The quantitative estimate of drug-likeness (QED) is 0.781. The average molecular weight is 406 g/mol. The summed E-state index contributed by atoms with van der Waals surface area (Å²) in [4.78, 5) is 18.7. The second-order valence-electron chi connectivity index (χ2n) is 7.93. The Morgan fingerprint density at radius 1 is 1.24 bits per heavy atom. The zero-order valence-corrected chi connectivity index (χ0v) is 15.9. The molecule has 0 spiro atoms. The highest BCUT2D eigenvalue weighted by Gasteiger charge is 2.38. The summed E-state index contributed by atoms with van der Waals surface area (Å²) in [6, 6.07) is 8.37. The fourth-order valence-electron chi connectivity index (χ4n) is 3.57. The van der Waals surface area contributed by atoms with E-state index in [0.29, 0.717) is 25.5 Å². The van der Waals surface area contributed by atoms with E-state index in [1.807, 2.05) is 34.1 Å². The van der Waals surface area contributed by atoms with Crippen LogP contribution in [0.25, 0.3) is 0 Å². The maximum atomic E-state index is 13.1. The second-order valence-corrected chi connectivity index (χ2v) is 7.93. The highest BCUT2D eigenvalue weighted by molar-refractivity contribution is 5.75. The molecule has 0 bridgehead atoms. The van der Waals surface area contributed by atoms with Crippen LogP contribution < -0.4 is 19.6 Å². The molecule has 2 aliphatic heterocycles. The number of aliphatic carboxylic acids is 1. The molecule has 0 amide bonds. The normalized spacial score (nSPS) is 18.7. The molecule has 6 nitrogen and oxygen atoms in total. The molecule has 1 fully saturated rings. The monoisotopic (exact) mass is 406 g/mol. The zero-order valence-electron chi connectivity index (χ0n) is 15.9. The lowest BCUT2D eigenvalue weighted by Crippen LogP contribution is -2.54. The van der Waals surface area contributed by atoms with Gasteiger partial charge in [0.05, 0.1) is 12.1 Å². The number of carbonyl (C=O) groups excluding carboxylic acids is 1. The first kappa shape index (κ1) is 19.4. The molecule has 1 saturated heterocycles. The standard InChI is InChI=1S/C20H20F3N3O3/c1-19(2)11-26(17-16(29-19)6-13(8-24-17)20(21,22)23)15-5-3-4-14(7-15)25-9-12(10-25)18(27)28/h3-8,12H,9-11H2,1-2H3,(H,27,28)/p-1. The molecule has 0 unspecified atom stereocenters. The molecule has 29 heavy (non-hydrogen) atoms. The number of hydrogen-bond donors (Lipinski definition) is 0. The first-order chi connectivity index (χ1) is 13.5. The van der Waals surface area contributed by atoms with E-state index in [2.05, 4.69) is 4.98 Å². The molecular formula is C20H19F3N3O3-. The predicted molar refractivity (Wildman–Crippen MR) is 98.1 cm³/mol. The van der Waals surface area contributed by atoms with Crippen molar-refractivity contribution in [3.05, 3.63) is 42.1 Å². The molecule has 0 N–H and O–H groups in total. The summed E-state index contributed by atoms with van der Waals surface area (Å²) < 4.78 is 45.0. The van der Waals surface area contributed by atoms with Gasteiger partial charge in [-0.15, -0.1) is 0 Å². The van der Waals surface area contributed by atoms with Crippen LogP contribution in [-0.4, -0.2) is 36.2 Å². The summed E-state index contributed by atoms with van der Waals surface area (Å²) in [5, 5.41) is 10.9. The average Bonchev–Trinajstić information content (AvgIpc) is 2.57. The van der Waals surface area contributed by atoms with Crippen molar-refractivity contribution in [3.8, 4) is 5.75 Å². The minimum Gasteiger partial charge on any atom is -0.550 e. The maximum absolute atomic E-state index is 13.1. The van der Waals surface area contributed by atoms with Crippen molar-refractivity contribution in [3.63, 3.8) is 0 Å². The first-order valence-electron chi connectivity index (χ1n) is 9.13. The number of fused-ring (bicyclic) bond motifs is 1. The molecule has 2 aromatic rings. The minimum atomic E-state index is -4.51. The number of pyridine rings is 1. The van der Waals surface area contributed by atoms with Gasteiger partial charge in [-0.05, 0) is 38.1 Å². The largest absolute Gasteiger partial charge is 0.550 e. The van der Waals surface area contributed by atoms with Crippen LogP contribution in [0.15, 0.2) is 36.5 Å². The van der Waals surface area contributed by atoms with Crippen molar-refractivity contribution in [2.75, 3.05) is 29.4 Å². The lowest BCUT2D eigenvalue weighted by Gasteiger charge is -2.43. The van der Waals surface area contributed by atoms with E-state index < -0.39 is 29.2 Å². The van der Waals surface area contributed by atoms with Crippen LogP contribution in [0.3, 0.4) is 0 Å². The van der Waals surface area contributed by atoms with Gasteiger partial charge in [-0.3, -0.25) is 0 Å². The van der Waals surface area contributed by atoms with E-state index in [1.165, 1.54) is 0 Å².